The number of pyridine rings is 3. The number of nitrogens with zero attached hydrogens (tertiary/aromatic N) is 3. The number of fused-ring (bicyclic) bond motifs is 2. The average Bonchev–Trinajstić information content (AvgIpc) is 3.32. The monoisotopic (exact) mass is 722 g/mol. The summed E-state index contributed by atoms with van der Waals surface area (Å²) in [6.07, 6.45) is 8.43. The van der Waals surface area contributed by atoms with Crippen molar-refractivity contribution in [3.05, 3.63) is 108 Å². The summed E-state index contributed by atoms with van der Waals surface area (Å²) in [4.78, 5) is 74.9. The van der Waals surface area contributed by atoms with E-state index in [1.165, 1.54) is 6.07 Å². The Morgan fingerprint density at radius 2 is 1.74 bits per heavy atom. The molecule has 0 aliphatic carbocycles. The third-order valence-electron chi connectivity index (χ3n) is 9.33. The van der Waals surface area contributed by atoms with Crippen LogP contribution in [0.4, 0.5) is 11.4 Å². The molecule has 5 heterocycles. The highest BCUT2D eigenvalue weighted by Gasteiger charge is 2.28. The average molecular weight is 723 g/mol. The lowest BCUT2D eigenvalue weighted by atomic mass is 9.94. The van der Waals surface area contributed by atoms with Gasteiger partial charge in [-0.1, -0.05) is 37.3 Å². The number of rotatable bonds is 9. The molecule has 5 N–H and O–H groups in total. The largest absolute Gasteiger partial charge is 0.380 e. The zero-order valence-electron chi connectivity index (χ0n) is 29.7. The van der Waals surface area contributed by atoms with E-state index in [9.17, 15) is 24.0 Å². The molecular formula is C41H38N8O5. The number of aromatic nitrogens is 3. The number of carbonyl (C=O) groups excluding carboxylic acids is 5. The van der Waals surface area contributed by atoms with E-state index < -0.39 is 17.9 Å². The van der Waals surface area contributed by atoms with Crippen LogP contribution < -0.4 is 26.6 Å². The maximum absolute atomic E-state index is 12.9. The van der Waals surface area contributed by atoms with Crippen LogP contribution in [0.2, 0.25) is 0 Å². The number of aryl methyl sites for hydroxylation is 1. The molecule has 5 aromatic rings. The van der Waals surface area contributed by atoms with Crippen LogP contribution in [0.3, 0.4) is 0 Å². The SMILES string of the molecule is CCc1cc2c(c(-c3cccc4cc(-c5ccc(C(=O)NC/C=C/c6cccc(C(=O)NC7CCC(=O)NC7=O)n6)nc5)ncc34)c1)N[C@H](C)CC(=O)N2. The highest BCUT2D eigenvalue weighted by atomic mass is 16.2. The molecule has 1 fully saturated rings. The van der Waals surface area contributed by atoms with Crippen LogP contribution >= 0.6 is 0 Å². The van der Waals surface area contributed by atoms with Gasteiger partial charge in [-0.15, -0.1) is 0 Å². The summed E-state index contributed by atoms with van der Waals surface area (Å²) in [5.74, 6) is -1.80. The first kappa shape index (κ1) is 35.6. The Kier molecular flexibility index (Phi) is 10.2. The number of anilines is 2. The van der Waals surface area contributed by atoms with Crippen LogP contribution in [0.5, 0.6) is 0 Å². The molecule has 272 valence electrons. The van der Waals surface area contributed by atoms with E-state index in [2.05, 4.69) is 55.6 Å². The number of amides is 5. The Morgan fingerprint density at radius 1 is 0.889 bits per heavy atom. The molecule has 0 radical (unpaired) electrons. The van der Waals surface area contributed by atoms with Crippen LogP contribution in [0, 0.1) is 0 Å². The Balaban J connectivity index is 1.00. The zero-order valence-corrected chi connectivity index (χ0v) is 29.7. The van der Waals surface area contributed by atoms with Crippen molar-refractivity contribution in [1.82, 2.24) is 30.9 Å². The number of hydrogen-bond acceptors (Lipinski definition) is 9. The summed E-state index contributed by atoms with van der Waals surface area (Å²) in [5, 5.41) is 16.2. The van der Waals surface area contributed by atoms with Crippen molar-refractivity contribution in [1.29, 1.82) is 0 Å². The summed E-state index contributed by atoms with van der Waals surface area (Å²) in [6, 6.07) is 19.9. The molecule has 1 saturated heterocycles. The van der Waals surface area contributed by atoms with Gasteiger partial charge in [0.05, 0.1) is 22.8 Å². The maximum atomic E-state index is 12.9. The first-order chi connectivity index (χ1) is 26.1. The van der Waals surface area contributed by atoms with Crippen LogP contribution in [0.1, 0.15) is 65.3 Å². The summed E-state index contributed by atoms with van der Waals surface area (Å²) >= 11 is 0. The number of piperidine rings is 1. The van der Waals surface area contributed by atoms with Crippen LogP contribution in [-0.4, -0.2) is 63.1 Å². The molecule has 54 heavy (non-hydrogen) atoms. The van der Waals surface area contributed by atoms with E-state index in [0.717, 1.165) is 50.8 Å². The smallest absolute Gasteiger partial charge is 0.270 e. The number of carbonyl (C=O) groups is 5. The van der Waals surface area contributed by atoms with Gasteiger partial charge < -0.3 is 21.3 Å². The molecule has 2 atom stereocenters. The van der Waals surface area contributed by atoms with Gasteiger partial charge in [0.2, 0.25) is 17.7 Å². The standard InChI is InChI=1S/C41H38N8O5/c1-3-24-18-29(38-35(19-24)47-37(51)17-23(2)45-38)28-10-4-7-25-20-34(44-22-30(25)28)26-12-13-31(43-21-26)39(52)42-16-6-9-27-8-5-11-32(46-27)40(53)48-33-14-15-36(50)49-41(33)54/h4-13,18-23,33,45H,3,14-17H2,1-2H3,(H,42,52)(H,47,51)(H,48,53)(H,49,50,54)/b9-6+/t23-,33?/m1/s1. The Labute approximate surface area is 311 Å². The molecule has 13 nitrogen and oxygen atoms in total. The fourth-order valence-corrected chi connectivity index (χ4v) is 6.55. The number of nitrogens with one attached hydrogen (secondary N) is 5. The molecular weight excluding hydrogens is 685 g/mol. The van der Waals surface area contributed by atoms with Gasteiger partial charge >= 0.3 is 0 Å². The van der Waals surface area contributed by atoms with E-state index in [-0.39, 0.29) is 54.5 Å². The Bertz CT molecular complexity index is 2340. The van der Waals surface area contributed by atoms with Crippen molar-refractivity contribution < 1.29 is 24.0 Å². The summed E-state index contributed by atoms with van der Waals surface area (Å²) < 4.78 is 0. The first-order valence-corrected chi connectivity index (χ1v) is 17.8. The fraction of sp³-hybridized carbons (Fsp3) is 0.220. The minimum atomic E-state index is -0.800. The van der Waals surface area contributed by atoms with E-state index >= 15 is 0 Å². The van der Waals surface area contributed by atoms with Crippen LogP contribution in [0.15, 0.2) is 85.2 Å². The van der Waals surface area contributed by atoms with E-state index in [1.807, 2.05) is 43.5 Å². The quantitative estimate of drug-likeness (QED) is 0.130. The lowest BCUT2D eigenvalue weighted by Gasteiger charge is -2.21. The minimum Gasteiger partial charge on any atom is -0.380 e. The fourth-order valence-electron chi connectivity index (χ4n) is 6.55. The molecule has 3 aromatic heterocycles. The molecule has 0 saturated carbocycles. The van der Waals surface area contributed by atoms with Crippen molar-refractivity contribution in [2.75, 3.05) is 17.2 Å². The van der Waals surface area contributed by atoms with Crippen molar-refractivity contribution >= 4 is 57.8 Å². The van der Waals surface area contributed by atoms with Gasteiger partial charge in [0, 0.05) is 54.3 Å². The van der Waals surface area contributed by atoms with Gasteiger partial charge in [-0.05, 0) is 84.8 Å². The predicted octanol–water partition coefficient (Wildman–Crippen LogP) is 5.04. The van der Waals surface area contributed by atoms with E-state index in [1.54, 1.807) is 36.5 Å². The topological polar surface area (TPSA) is 184 Å². The lowest BCUT2D eigenvalue weighted by molar-refractivity contribution is -0.134. The van der Waals surface area contributed by atoms with E-state index in [0.29, 0.717) is 17.8 Å². The Morgan fingerprint density at radius 3 is 2.54 bits per heavy atom. The van der Waals surface area contributed by atoms with Gasteiger partial charge in [-0.2, -0.15) is 0 Å². The normalized spacial score (nSPS) is 16.9. The Hall–Kier alpha value is -6.76. The third-order valence-corrected chi connectivity index (χ3v) is 9.33. The molecule has 5 amide bonds. The summed E-state index contributed by atoms with van der Waals surface area (Å²) in [6.45, 7) is 4.29. The maximum Gasteiger partial charge on any atom is 0.270 e. The minimum absolute atomic E-state index is 0.0129. The van der Waals surface area contributed by atoms with Gasteiger partial charge in [0.1, 0.15) is 17.4 Å². The number of benzene rings is 2. The predicted molar refractivity (Wildman–Crippen MR) is 205 cm³/mol. The lowest BCUT2D eigenvalue weighted by Crippen LogP contribution is -2.52. The summed E-state index contributed by atoms with van der Waals surface area (Å²) in [5.41, 5.74) is 7.12. The molecule has 0 spiro atoms. The van der Waals surface area contributed by atoms with Crippen molar-refractivity contribution in [2.24, 2.45) is 0 Å². The highest BCUT2D eigenvalue weighted by molar-refractivity contribution is 6.06. The number of imide groups is 1. The molecule has 2 aliphatic rings. The van der Waals surface area contributed by atoms with Gasteiger partial charge in [0.25, 0.3) is 11.8 Å². The summed E-state index contributed by atoms with van der Waals surface area (Å²) in [7, 11) is 0. The molecule has 0 bridgehead atoms. The molecule has 2 aliphatic heterocycles. The second-order valence-corrected chi connectivity index (χ2v) is 13.3. The van der Waals surface area contributed by atoms with Crippen molar-refractivity contribution in [2.45, 2.75) is 51.6 Å². The second-order valence-electron chi connectivity index (χ2n) is 13.3. The van der Waals surface area contributed by atoms with Gasteiger partial charge in [-0.3, -0.25) is 39.3 Å². The molecule has 2 aromatic carbocycles. The van der Waals surface area contributed by atoms with Crippen molar-refractivity contribution in [3.8, 4) is 22.4 Å². The molecule has 13 heteroatoms. The third kappa shape index (κ3) is 7.84. The molecule has 7 rings (SSSR count). The van der Waals surface area contributed by atoms with Crippen LogP contribution in [-0.2, 0) is 20.8 Å². The number of hydrogen-bond donors (Lipinski definition) is 5. The van der Waals surface area contributed by atoms with E-state index in [4.69, 9.17) is 4.98 Å². The first-order valence-electron chi connectivity index (χ1n) is 17.8. The zero-order chi connectivity index (χ0) is 37.8. The second kappa shape index (κ2) is 15.5. The highest BCUT2D eigenvalue weighted by Crippen LogP contribution is 2.41. The molecule has 1 unspecified atom stereocenters. The van der Waals surface area contributed by atoms with Gasteiger partial charge in [-0.25, -0.2) is 4.98 Å². The van der Waals surface area contributed by atoms with Crippen LogP contribution in [0.25, 0.3) is 39.2 Å². The van der Waals surface area contributed by atoms with Gasteiger partial charge in [0.15, 0.2) is 0 Å². The van der Waals surface area contributed by atoms with Crippen molar-refractivity contribution in [3.63, 3.8) is 0 Å².